The fourth-order valence-electron chi connectivity index (χ4n) is 2.86. The fourth-order valence-corrected chi connectivity index (χ4v) is 2.86. The molecule has 2 aromatic rings. The number of nitrogens with zero attached hydrogens (tertiary/aromatic N) is 3. The van der Waals surface area contributed by atoms with E-state index < -0.39 is 35.8 Å². The van der Waals surface area contributed by atoms with Crippen molar-refractivity contribution in [3.63, 3.8) is 0 Å². The highest BCUT2D eigenvalue weighted by molar-refractivity contribution is 5.88. The smallest absolute Gasteiger partial charge is 0.416 e. The molecule has 2 rings (SSSR count). The molecule has 9 heteroatoms. The average molecular weight is 425 g/mol. The van der Waals surface area contributed by atoms with E-state index in [4.69, 9.17) is 0 Å². The van der Waals surface area contributed by atoms with Crippen molar-refractivity contribution >= 4 is 23.8 Å². The van der Waals surface area contributed by atoms with E-state index in [1.807, 2.05) is 18.9 Å². The lowest BCUT2D eigenvalue weighted by atomic mass is 10.0. The quantitative estimate of drug-likeness (QED) is 0.364. The molecule has 5 nitrogen and oxygen atoms in total. The Balaban J connectivity index is 2.50. The Morgan fingerprint density at radius 3 is 2.43 bits per heavy atom. The van der Waals surface area contributed by atoms with Crippen molar-refractivity contribution in [2.45, 2.75) is 33.5 Å². The number of carbonyl (C=O) groups is 1. The maximum absolute atomic E-state index is 14.2. The van der Waals surface area contributed by atoms with Crippen molar-refractivity contribution < 1.29 is 27.5 Å². The van der Waals surface area contributed by atoms with Gasteiger partial charge in [0.15, 0.2) is 0 Å². The van der Waals surface area contributed by atoms with Gasteiger partial charge in [-0.3, -0.25) is 4.90 Å². The van der Waals surface area contributed by atoms with Crippen LogP contribution in [0.2, 0.25) is 0 Å². The second-order valence-corrected chi connectivity index (χ2v) is 6.88. The summed E-state index contributed by atoms with van der Waals surface area (Å²) in [6.07, 6.45) is -4.67. The lowest BCUT2D eigenvalue weighted by Gasteiger charge is -2.24. The third-order valence-corrected chi connectivity index (χ3v) is 4.67. The van der Waals surface area contributed by atoms with E-state index in [1.165, 1.54) is 6.07 Å². The van der Waals surface area contributed by atoms with Crippen molar-refractivity contribution in [2.75, 3.05) is 18.5 Å². The SMILES string of the molecule is CCN(C)/C=N/c1cc(C)c(N(Cc2c(F)cccc2C(F)(F)F)C(=O)O)cc1C. The molecule has 1 N–H and O–H groups in total. The van der Waals surface area contributed by atoms with Crippen LogP contribution in [0.25, 0.3) is 0 Å². The minimum absolute atomic E-state index is 0.166. The Morgan fingerprint density at radius 2 is 1.87 bits per heavy atom. The maximum Gasteiger partial charge on any atom is 0.416 e. The van der Waals surface area contributed by atoms with Gasteiger partial charge in [-0.05, 0) is 56.2 Å². The normalized spacial score (nSPS) is 11.7. The van der Waals surface area contributed by atoms with Crippen LogP contribution in [0.3, 0.4) is 0 Å². The average Bonchev–Trinajstić information content (AvgIpc) is 2.66. The molecule has 0 saturated carbocycles. The molecule has 0 bridgehead atoms. The van der Waals surface area contributed by atoms with Gasteiger partial charge in [0.05, 0.1) is 29.8 Å². The highest BCUT2D eigenvalue weighted by Gasteiger charge is 2.35. The summed E-state index contributed by atoms with van der Waals surface area (Å²) in [5.74, 6) is -1.12. The number of anilines is 1. The van der Waals surface area contributed by atoms with E-state index in [0.717, 1.165) is 24.7 Å². The van der Waals surface area contributed by atoms with Crippen LogP contribution in [0, 0.1) is 19.7 Å². The van der Waals surface area contributed by atoms with Gasteiger partial charge in [-0.2, -0.15) is 13.2 Å². The van der Waals surface area contributed by atoms with E-state index in [0.29, 0.717) is 21.7 Å². The first kappa shape index (κ1) is 23.2. The summed E-state index contributed by atoms with van der Waals surface area (Å²) in [7, 11) is 1.85. The molecule has 0 atom stereocenters. The molecule has 0 unspecified atom stereocenters. The Labute approximate surface area is 172 Å². The summed E-state index contributed by atoms with van der Waals surface area (Å²) in [4.78, 5) is 18.8. The summed E-state index contributed by atoms with van der Waals surface area (Å²) in [6.45, 7) is 5.26. The molecular weight excluding hydrogens is 402 g/mol. The highest BCUT2D eigenvalue weighted by atomic mass is 19.4. The number of rotatable bonds is 6. The maximum atomic E-state index is 14.2. The molecule has 0 aliphatic carbocycles. The topological polar surface area (TPSA) is 56.1 Å². The Hall–Kier alpha value is -3.10. The first-order chi connectivity index (χ1) is 14.0. The molecule has 0 fully saturated rings. The lowest BCUT2D eigenvalue weighted by Crippen LogP contribution is -2.31. The zero-order valence-electron chi connectivity index (χ0n) is 17.1. The van der Waals surface area contributed by atoms with E-state index in [1.54, 1.807) is 26.3 Å². The molecule has 30 heavy (non-hydrogen) atoms. The van der Waals surface area contributed by atoms with E-state index in [9.17, 15) is 27.5 Å². The van der Waals surface area contributed by atoms with Gasteiger partial charge in [0.2, 0.25) is 0 Å². The highest BCUT2D eigenvalue weighted by Crippen LogP contribution is 2.36. The van der Waals surface area contributed by atoms with Gasteiger partial charge in [-0.25, -0.2) is 14.2 Å². The van der Waals surface area contributed by atoms with Crippen LogP contribution >= 0.6 is 0 Å². The third kappa shape index (κ3) is 5.28. The molecule has 0 heterocycles. The predicted molar refractivity (Wildman–Crippen MR) is 108 cm³/mol. The second kappa shape index (κ2) is 9.15. The number of hydrogen-bond donors (Lipinski definition) is 1. The molecule has 0 saturated heterocycles. The van der Waals surface area contributed by atoms with Crippen LogP contribution < -0.4 is 4.90 Å². The summed E-state index contributed by atoms with van der Waals surface area (Å²) in [5.41, 5.74) is -0.0441. The van der Waals surface area contributed by atoms with Gasteiger partial charge in [0.25, 0.3) is 0 Å². The molecular formula is C21H23F4N3O2. The fraction of sp³-hybridized carbons (Fsp3) is 0.333. The first-order valence-corrected chi connectivity index (χ1v) is 9.16. The minimum atomic E-state index is -4.81. The number of halogens is 4. The van der Waals surface area contributed by atoms with Gasteiger partial charge < -0.3 is 10.0 Å². The number of aliphatic imine (C=N–C) groups is 1. The third-order valence-electron chi connectivity index (χ3n) is 4.67. The lowest BCUT2D eigenvalue weighted by molar-refractivity contribution is -0.138. The molecule has 1 amide bonds. The molecule has 0 aliphatic heterocycles. The Kier molecular flexibility index (Phi) is 7.07. The summed E-state index contributed by atoms with van der Waals surface area (Å²) in [6, 6.07) is 5.73. The van der Waals surface area contributed by atoms with Crippen molar-refractivity contribution in [1.82, 2.24) is 4.90 Å². The second-order valence-electron chi connectivity index (χ2n) is 6.88. The molecule has 0 spiro atoms. The summed E-state index contributed by atoms with van der Waals surface area (Å²) < 4.78 is 54.1. The van der Waals surface area contributed by atoms with Crippen molar-refractivity contribution in [1.29, 1.82) is 0 Å². The van der Waals surface area contributed by atoms with Crippen molar-refractivity contribution in [2.24, 2.45) is 4.99 Å². The number of benzene rings is 2. The van der Waals surface area contributed by atoms with E-state index in [-0.39, 0.29) is 5.69 Å². The van der Waals surface area contributed by atoms with Gasteiger partial charge in [0.1, 0.15) is 5.82 Å². The predicted octanol–water partition coefficient (Wildman–Crippen LogP) is 5.76. The zero-order valence-corrected chi connectivity index (χ0v) is 17.1. The molecule has 0 aliphatic rings. The van der Waals surface area contributed by atoms with Gasteiger partial charge in [-0.15, -0.1) is 0 Å². The molecule has 0 aromatic heterocycles. The van der Waals surface area contributed by atoms with Gasteiger partial charge in [0, 0.05) is 19.2 Å². The Bertz CT molecular complexity index is 958. The first-order valence-electron chi connectivity index (χ1n) is 9.16. The van der Waals surface area contributed by atoms with Crippen molar-refractivity contribution in [3.05, 3.63) is 58.4 Å². The van der Waals surface area contributed by atoms with Crippen LogP contribution in [0.15, 0.2) is 35.3 Å². The van der Waals surface area contributed by atoms with Crippen LogP contribution in [-0.2, 0) is 12.7 Å². The van der Waals surface area contributed by atoms with Crippen LogP contribution in [0.5, 0.6) is 0 Å². The standard InChI is InChI=1S/C21H23F4N3O2/c1-5-27(4)12-26-18-9-14(3)19(10-13(18)2)28(20(29)30)11-15-16(21(23,24)25)7-6-8-17(15)22/h6-10,12H,5,11H2,1-4H3,(H,29,30)/b26-12+. The molecule has 162 valence electrons. The number of aryl methyl sites for hydroxylation is 2. The number of alkyl halides is 3. The Morgan fingerprint density at radius 1 is 1.20 bits per heavy atom. The zero-order chi connectivity index (χ0) is 22.6. The van der Waals surface area contributed by atoms with Gasteiger partial charge >= 0.3 is 12.3 Å². The number of amides is 1. The van der Waals surface area contributed by atoms with Crippen LogP contribution in [-0.4, -0.2) is 36.0 Å². The molecule has 2 aromatic carbocycles. The van der Waals surface area contributed by atoms with E-state index >= 15 is 0 Å². The number of hydrogen-bond acceptors (Lipinski definition) is 2. The largest absolute Gasteiger partial charge is 0.465 e. The molecule has 0 radical (unpaired) electrons. The van der Waals surface area contributed by atoms with Gasteiger partial charge in [-0.1, -0.05) is 6.07 Å². The summed E-state index contributed by atoms with van der Waals surface area (Å²) >= 11 is 0. The van der Waals surface area contributed by atoms with Crippen molar-refractivity contribution in [3.8, 4) is 0 Å². The van der Waals surface area contributed by atoms with Crippen LogP contribution in [0.4, 0.5) is 33.7 Å². The summed E-state index contributed by atoms with van der Waals surface area (Å²) in [5, 5.41) is 9.65. The number of carboxylic acid groups (broad SMARTS) is 1. The van der Waals surface area contributed by atoms with Crippen LogP contribution in [0.1, 0.15) is 29.2 Å². The minimum Gasteiger partial charge on any atom is -0.465 e. The monoisotopic (exact) mass is 425 g/mol. The van der Waals surface area contributed by atoms with E-state index in [2.05, 4.69) is 4.99 Å².